The maximum Gasteiger partial charge on any atom is 0.243 e. The van der Waals surface area contributed by atoms with Gasteiger partial charge in [-0.3, -0.25) is 4.90 Å². The van der Waals surface area contributed by atoms with Crippen molar-refractivity contribution in [1.29, 1.82) is 0 Å². The lowest BCUT2D eigenvalue weighted by Gasteiger charge is -2.33. The number of nitrogens with zero attached hydrogens (tertiary/aromatic N) is 3. The fourth-order valence-electron chi connectivity index (χ4n) is 3.14. The van der Waals surface area contributed by atoms with Crippen LogP contribution >= 0.6 is 0 Å². The average molecular weight is 374 g/mol. The molecule has 0 atom stereocenters. The Morgan fingerprint density at radius 2 is 1.46 bits per heavy atom. The molecule has 0 saturated carbocycles. The Bertz CT molecular complexity index is 773. The molecular weight excluding hydrogens is 346 g/mol. The van der Waals surface area contributed by atoms with Gasteiger partial charge in [0, 0.05) is 45.8 Å². The molecule has 0 aromatic heterocycles. The van der Waals surface area contributed by atoms with Gasteiger partial charge in [0.15, 0.2) is 0 Å². The van der Waals surface area contributed by atoms with E-state index in [1.54, 1.807) is 28.6 Å². The van der Waals surface area contributed by atoms with Gasteiger partial charge >= 0.3 is 0 Å². The fraction of sp³-hybridized carbons (Fsp3) is 0.400. The second-order valence-corrected chi connectivity index (χ2v) is 8.72. The zero-order valence-electron chi connectivity index (χ0n) is 15.3. The van der Waals surface area contributed by atoms with Gasteiger partial charge in [-0.15, -0.1) is 0 Å². The molecular formula is C20H27N3O2S. The van der Waals surface area contributed by atoms with Gasteiger partial charge in [-0.25, -0.2) is 8.42 Å². The van der Waals surface area contributed by atoms with Crippen molar-refractivity contribution < 1.29 is 8.42 Å². The second kappa shape index (κ2) is 8.77. The SMILES string of the molecule is CN1CCN(CCN(Cc2ccccc2)S(=O)(=O)c2ccccc2)CC1. The van der Waals surface area contributed by atoms with Crippen molar-refractivity contribution in [2.45, 2.75) is 11.4 Å². The van der Waals surface area contributed by atoms with E-state index in [9.17, 15) is 8.42 Å². The van der Waals surface area contributed by atoms with Gasteiger partial charge in [0.1, 0.15) is 0 Å². The molecule has 0 amide bonds. The van der Waals surface area contributed by atoms with Gasteiger partial charge in [0.2, 0.25) is 10.0 Å². The molecule has 0 aliphatic carbocycles. The van der Waals surface area contributed by atoms with Gasteiger partial charge < -0.3 is 4.90 Å². The van der Waals surface area contributed by atoms with Gasteiger partial charge in [-0.2, -0.15) is 4.31 Å². The quantitative estimate of drug-likeness (QED) is 0.746. The topological polar surface area (TPSA) is 43.9 Å². The van der Waals surface area contributed by atoms with E-state index in [1.807, 2.05) is 36.4 Å². The number of likely N-dealkylation sites (N-methyl/N-ethyl adjacent to an activating group) is 1. The van der Waals surface area contributed by atoms with E-state index in [2.05, 4.69) is 16.8 Å². The van der Waals surface area contributed by atoms with Gasteiger partial charge in [0.05, 0.1) is 4.90 Å². The van der Waals surface area contributed by atoms with E-state index in [4.69, 9.17) is 0 Å². The van der Waals surface area contributed by atoms with E-state index in [0.717, 1.165) is 38.3 Å². The average Bonchev–Trinajstić information content (AvgIpc) is 2.68. The van der Waals surface area contributed by atoms with Crippen LogP contribution in [0, 0.1) is 0 Å². The summed E-state index contributed by atoms with van der Waals surface area (Å²) in [6, 6.07) is 18.5. The monoisotopic (exact) mass is 373 g/mol. The molecule has 3 rings (SSSR count). The Labute approximate surface area is 156 Å². The normalized spacial score (nSPS) is 16.8. The van der Waals surface area contributed by atoms with Crippen molar-refractivity contribution in [1.82, 2.24) is 14.1 Å². The van der Waals surface area contributed by atoms with Crippen molar-refractivity contribution in [3.8, 4) is 0 Å². The maximum absolute atomic E-state index is 13.2. The van der Waals surface area contributed by atoms with Crippen LogP contribution in [0.2, 0.25) is 0 Å². The van der Waals surface area contributed by atoms with Crippen molar-refractivity contribution in [3.05, 3.63) is 66.2 Å². The van der Waals surface area contributed by atoms with Crippen LogP contribution in [0.1, 0.15) is 5.56 Å². The summed E-state index contributed by atoms with van der Waals surface area (Å²) in [5.74, 6) is 0. The van der Waals surface area contributed by atoms with E-state index in [1.165, 1.54) is 0 Å². The minimum atomic E-state index is -3.51. The lowest BCUT2D eigenvalue weighted by atomic mass is 10.2. The first kappa shape index (κ1) is 19.0. The Morgan fingerprint density at radius 1 is 0.885 bits per heavy atom. The van der Waals surface area contributed by atoms with Crippen LogP contribution in [-0.4, -0.2) is 68.8 Å². The third kappa shape index (κ3) is 4.92. The number of piperazine rings is 1. The molecule has 2 aromatic carbocycles. The minimum absolute atomic E-state index is 0.356. The molecule has 0 unspecified atom stereocenters. The highest BCUT2D eigenvalue weighted by atomic mass is 32.2. The maximum atomic E-state index is 13.2. The second-order valence-electron chi connectivity index (χ2n) is 6.78. The van der Waals surface area contributed by atoms with Crippen LogP contribution in [0.3, 0.4) is 0 Å². The first-order chi connectivity index (χ1) is 12.6. The highest BCUT2D eigenvalue weighted by Crippen LogP contribution is 2.18. The summed E-state index contributed by atoms with van der Waals surface area (Å²) in [5, 5.41) is 0. The van der Waals surface area contributed by atoms with Crippen LogP contribution in [0.25, 0.3) is 0 Å². The number of benzene rings is 2. The van der Waals surface area contributed by atoms with Crippen molar-refractivity contribution >= 4 is 10.0 Å². The smallest absolute Gasteiger partial charge is 0.243 e. The Hall–Kier alpha value is -1.73. The lowest BCUT2D eigenvalue weighted by molar-refractivity contribution is 0.147. The molecule has 0 spiro atoms. The minimum Gasteiger partial charge on any atom is -0.304 e. The summed E-state index contributed by atoms with van der Waals surface area (Å²) in [4.78, 5) is 5.01. The first-order valence-electron chi connectivity index (χ1n) is 9.06. The van der Waals surface area contributed by atoms with Crippen molar-refractivity contribution in [3.63, 3.8) is 0 Å². The van der Waals surface area contributed by atoms with E-state index in [-0.39, 0.29) is 0 Å². The van der Waals surface area contributed by atoms with Crippen LogP contribution in [0.15, 0.2) is 65.6 Å². The van der Waals surface area contributed by atoms with Crippen LogP contribution in [0.5, 0.6) is 0 Å². The molecule has 0 radical (unpaired) electrons. The summed E-state index contributed by atoms with van der Waals surface area (Å²) >= 11 is 0. The summed E-state index contributed by atoms with van der Waals surface area (Å²) in [5.41, 5.74) is 1.00. The van der Waals surface area contributed by atoms with Crippen LogP contribution in [-0.2, 0) is 16.6 Å². The standard InChI is InChI=1S/C20H27N3O2S/c1-21-12-14-22(15-13-21)16-17-23(18-19-8-4-2-5-9-19)26(24,25)20-10-6-3-7-11-20/h2-11H,12-18H2,1H3. The number of hydrogen-bond donors (Lipinski definition) is 0. The van der Waals surface area contributed by atoms with E-state index < -0.39 is 10.0 Å². The van der Waals surface area contributed by atoms with Crippen molar-refractivity contribution in [2.24, 2.45) is 0 Å². The summed E-state index contributed by atoms with van der Waals surface area (Å²) in [6.07, 6.45) is 0. The Morgan fingerprint density at radius 3 is 2.08 bits per heavy atom. The summed E-state index contributed by atoms with van der Waals surface area (Å²) < 4.78 is 27.9. The molecule has 5 nitrogen and oxygen atoms in total. The predicted molar refractivity (Wildman–Crippen MR) is 104 cm³/mol. The fourth-order valence-corrected chi connectivity index (χ4v) is 4.58. The highest BCUT2D eigenvalue weighted by molar-refractivity contribution is 7.89. The van der Waals surface area contributed by atoms with Crippen LogP contribution < -0.4 is 0 Å². The van der Waals surface area contributed by atoms with E-state index >= 15 is 0 Å². The molecule has 1 aliphatic heterocycles. The molecule has 0 bridgehead atoms. The molecule has 2 aromatic rings. The molecule has 1 aliphatic rings. The first-order valence-corrected chi connectivity index (χ1v) is 10.5. The van der Waals surface area contributed by atoms with Crippen LogP contribution in [0.4, 0.5) is 0 Å². The van der Waals surface area contributed by atoms with E-state index in [0.29, 0.717) is 18.0 Å². The molecule has 1 saturated heterocycles. The zero-order valence-corrected chi connectivity index (χ0v) is 16.1. The number of rotatable bonds is 7. The molecule has 26 heavy (non-hydrogen) atoms. The summed E-state index contributed by atoms with van der Waals surface area (Å²) in [6.45, 7) is 5.69. The highest BCUT2D eigenvalue weighted by Gasteiger charge is 2.25. The molecule has 0 N–H and O–H groups in total. The predicted octanol–water partition coefficient (Wildman–Crippen LogP) is 2.12. The Kier molecular flexibility index (Phi) is 6.43. The largest absolute Gasteiger partial charge is 0.304 e. The third-order valence-electron chi connectivity index (χ3n) is 4.84. The Balaban J connectivity index is 1.75. The lowest BCUT2D eigenvalue weighted by Crippen LogP contribution is -2.47. The molecule has 1 heterocycles. The summed E-state index contributed by atoms with van der Waals surface area (Å²) in [7, 11) is -1.39. The molecule has 140 valence electrons. The number of sulfonamides is 1. The molecule has 1 fully saturated rings. The van der Waals surface area contributed by atoms with Gasteiger partial charge in [-0.05, 0) is 24.7 Å². The van der Waals surface area contributed by atoms with Gasteiger partial charge in [-0.1, -0.05) is 48.5 Å². The zero-order chi connectivity index (χ0) is 18.4. The number of hydrogen-bond acceptors (Lipinski definition) is 4. The molecule has 6 heteroatoms. The third-order valence-corrected chi connectivity index (χ3v) is 6.70. The van der Waals surface area contributed by atoms with Crippen molar-refractivity contribution in [2.75, 3.05) is 46.3 Å². The van der Waals surface area contributed by atoms with Gasteiger partial charge in [0.25, 0.3) is 0 Å².